The van der Waals surface area contributed by atoms with Crippen LogP contribution in [0, 0.1) is 13.8 Å². The first-order valence-electron chi connectivity index (χ1n) is 23.0. The van der Waals surface area contributed by atoms with Gasteiger partial charge in [-0.15, -0.1) is 20.4 Å². The second-order valence-electron chi connectivity index (χ2n) is 17.4. The quantitative estimate of drug-likeness (QED) is 0.0975. The van der Waals surface area contributed by atoms with Gasteiger partial charge in [-0.1, -0.05) is 24.3 Å². The van der Waals surface area contributed by atoms with Crippen LogP contribution in [0.4, 0.5) is 28.9 Å². The van der Waals surface area contributed by atoms with E-state index >= 15 is 0 Å². The molecule has 0 amide bonds. The van der Waals surface area contributed by atoms with Crippen molar-refractivity contribution in [2.24, 2.45) is 0 Å². The Hall–Kier alpha value is -5.88. The number of nitrogens with zero attached hydrogens (tertiary/aromatic N) is 9. The van der Waals surface area contributed by atoms with E-state index in [1.165, 1.54) is 21.0 Å². The van der Waals surface area contributed by atoms with Crippen molar-refractivity contribution in [1.82, 2.24) is 40.6 Å². The number of anilines is 2. The first kappa shape index (κ1) is 50.5. The number of alkyl halides is 4. The van der Waals surface area contributed by atoms with Gasteiger partial charge in [0.15, 0.2) is 0 Å². The van der Waals surface area contributed by atoms with E-state index < -0.39 is 55.2 Å². The molecule has 2 aromatic carbocycles. The number of benzene rings is 2. The van der Waals surface area contributed by atoms with Crippen molar-refractivity contribution in [2.45, 2.75) is 94.9 Å². The molecule has 0 aliphatic carbocycles. The summed E-state index contributed by atoms with van der Waals surface area (Å²) in [5, 5.41) is 16.1. The topological polar surface area (TPSA) is 203 Å². The molecule has 0 bridgehead atoms. The number of likely N-dealkylation sites (tertiary alicyclic amines) is 1. The van der Waals surface area contributed by atoms with Crippen LogP contribution in [0.25, 0.3) is 22.9 Å². The van der Waals surface area contributed by atoms with E-state index in [0.29, 0.717) is 78.7 Å². The summed E-state index contributed by atoms with van der Waals surface area (Å²) in [5.41, 5.74) is 4.81. The summed E-state index contributed by atoms with van der Waals surface area (Å²) in [5.74, 6) is -1.66. The van der Waals surface area contributed by atoms with Crippen LogP contribution >= 0.6 is 0 Å². The standard InChI is InChI=1S/C26H31F2N5O4S.C21H23F2N5O3S/c1-18-3-2-4-22(15-18)33(17-20-6-5-19(16-29-20)25-30-31-26(37-25)24(27)28)38(34,35)23-7-11-32(12-8-23)21-9-13-36-14-10-21;1-14-3-2-4-17(11-14)28(32(29,30)18-7-9-24-10-8-18)13-16-6-5-15(12-25-16)20-26-27-21(31-20)19(22)23/h2-6,15-16,21,23-24H,7-14,17H2,1H3;2-6,11-12,18-19,24H,7-10,13H2,1H3. The SMILES string of the molecule is Cc1cccc(N(Cc2ccc(-c3nnc(C(F)F)o3)cn2)S(=O)(=O)C2CCN(C3CCOCC3)CC2)c1.Cc1cccc(N(Cc2ccc(-c3nnc(C(F)F)o3)cn2)S(=O)(=O)C2CCNCC2)c1. The van der Waals surface area contributed by atoms with Gasteiger partial charge in [-0.3, -0.25) is 18.6 Å². The third-order valence-corrected chi connectivity index (χ3v) is 17.1. The van der Waals surface area contributed by atoms with Crippen molar-refractivity contribution < 1.29 is 48.0 Å². The number of piperidine rings is 2. The monoisotopic (exact) mass is 1010 g/mol. The Kier molecular flexibility index (Phi) is 16.2. The van der Waals surface area contributed by atoms with Crippen molar-refractivity contribution >= 4 is 31.4 Å². The number of hydrogen-bond acceptors (Lipinski definition) is 15. The van der Waals surface area contributed by atoms with Crippen LogP contribution in [0.3, 0.4) is 0 Å². The van der Waals surface area contributed by atoms with E-state index in [0.717, 1.165) is 50.3 Å². The zero-order valence-corrected chi connectivity index (χ0v) is 40.2. The lowest BCUT2D eigenvalue weighted by atomic mass is 10.0. The molecular formula is C47H54F4N10O7S2. The molecule has 374 valence electrons. The summed E-state index contributed by atoms with van der Waals surface area (Å²) >= 11 is 0. The average molecular weight is 1010 g/mol. The molecule has 0 radical (unpaired) electrons. The molecule has 3 fully saturated rings. The molecule has 0 saturated carbocycles. The van der Waals surface area contributed by atoms with Gasteiger partial charge in [0.25, 0.3) is 11.8 Å². The predicted octanol–water partition coefficient (Wildman–Crippen LogP) is 7.82. The Bertz CT molecular complexity index is 2870. The first-order chi connectivity index (χ1) is 33.6. The highest BCUT2D eigenvalue weighted by Crippen LogP contribution is 2.32. The molecule has 0 atom stereocenters. The third kappa shape index (κ3) is 12.2. The van der Waals surface area contributed by atoms with E-state index in [1.807, 2.05) is 50.2 Å². The Morgan fingerprint density at radius 3 is 1.49 bits per heavy atom. The highest BCUT2D eigenvalue weighted by atomic mass is 32.2. The Morgan fingerprint density at radius 1 is 0.629 bits per heavy atom. The van der Waals surface area contributed by atoms with Crippen LogP contribution < -0.4 is 13.9 Å². The van der Waals surface area contributed by atoms with Crippen molar-refractivity contribution in [3.8, 4) is 22.9 Å². The van der Waals surface area contributed by atoms with Crippen LogP contribution in [0.2, 0.25) is 0 Å². The van der Waals surface area contributed by atoms with Gasteiger partial charge in [0.05, 0.1) is 57.5 Å². The number of pyridine rings is 2. The number of aryl methyl sites for hydroxylation is 2. The molecule has 4 aromatic heterocycles. The van der Waals surface area contributed by atoms with E-state index in [1.54, 1.807) is 36.4 Å². The second-order valence-corrected chi connectivity index (χ2v) is 21.7. The first-order valence-corrected chi connectivity index (χ1v) is 26.0. The fourth-order valence-electron chi connectivity index (χ4n) is 8.73. The number of ether oxygens (including phenoxy) is 1. The predicted molar refractivity (Wildman–Crippen MR) is 252 cm³/mol. The molecule has 6 aromatic rings. The molecule has 3 aliphatic heterocycles. The number of halogens is 4. The summed E-state index contributed by atoms with van der Waals surface area (Å²) < 4.78 is 124. The molecule has 0 spiro atoms. The van der Waals surface area contributed by atoms with E-state index in [9.17, 15) is 34.4 Å². The molecular weight excluding hydrogens is 957 g/mol. The molecule has 3 aliphatic rings. The molecule has 3 saturated heterocycles. The summed E-state index contributed by atoms with van der Waals surface area (Å²) in [7, 11) is -7.33. The molecule has 0 unspecified atom stereocenters. The maximum absolute atomic E-state index is 14.0. The van der Waals surface area contributed by atoms with Crippen LogP contribution in [-0.2, 0) is 37.9 Å². The van der Waals surface area contributed by atoms with Gasteiger partial charge in [0, 0.05) is 31.6 Å². The molecule has 23 heteroatoms. The maximum atomic E-state index is 14.0. The minimum atomic E-state index is -3.70. The summed E-state index contributed by atoms with van der Waals surface area (Å²) in [4.78, 5) is 11.1. The van der Waals surface area contributed by atoms with Crippen LogP contribution in [0.1, 0.15) is 85.7 Å². The fraction of sp³-hybridized carbons (Fsp3) is 0.447. The third-order valence-electron chi connectivity index (χ3n) is 12.5. The summed E-state index contributed by atoms with van der Waals surface area (Å²) in [6.45, 7) is 8.23. The lowest BCUT2D eigenvalue weighted by molar-refractivity contribution is 0.0277. The van der Waals surface area contributed by atoms with Crippen molar-refractivity contribution in [1.29, 1.82) is 0 Å². The van der Waals surface area contributed by atoms with Gasteiger partial charge in [0.2, 0.25) is 31.8 Å². The van der Waals surface area contributed by atoms with Crippen molar-refractivity contribution in [3.05, 3.63) is 119 Å². The largest absolute Gasteiger partial charge is 0.415 e. The van der Waals surface area contributed by atoms with Gasteiger partial charge in [-0.05, 0) is 138 Å². The molecule has 9 rings (SSSR count). The zero-order chi connectivity index (χ0) is 49.4. The van der Waals surface area contributed by atoms with E-state index in [-0.39, 0.29) is 24.9 Å². The van der Waals surface area contributed by atoms with Gasteiger partial charge < -0.3 is 23.8 Å². The van der Waals surface area contributed by atoms with Crippen molar-refractivity contribution in [2.75, 3.05) is 48.0 Å². The van der Waals surface area contributed by atoms with Crippen LogP contribution in [0.5, 0.6) is 0 Å². The highest BCUT2D eigenvalue weighted by molar-refractivity contribution is 7.93. The second kappa shape index (κ2) is 22.5. The fourth-order valence-corrected chi connectivity index (χ4v) is 12.5. The number of hydrogen-bond donors (Lipinski definition) is 1. The Balaban J connectivity index is 0.000000191. The van der Waals surface area contributed by atoms with E-state index in [2.05, 4.69) is 40.6 Å². The van der Waals surface area contributed by atoms with Crippen LogP contribution in [0.15, 0.2) is 94.0 Å². The maximum Gasteiger partial charge on any atom is 0.314 e. The summed E-state index contributed by atoms with van der Waals surface area (Å²) in [6, 6.07) is 21.7. The molecule has 1 N–H and O–H groups in total. The number of sulfonamides is 2. The van der Waals surface area contributed by atoms with Crippen molar-refractivity contribution in [3.63, 3.8) is 0 Å². The highest BCUT2D eigenvalue weighted by Gasteiger charge is 2.38. The minimum absolute atomic E-state index is 0.0400. The minimum Gasteiger partial charge on any atom is -0.415 e. The van der Waals surface area contributed by atoms with Gasteiger partial charge in [-0.2, -0.15) is 17.6 Å². The normalized spacial score (nSPS) is 16.9. The lowest BCUT2D eigenvalue weighted by Gasteiger charge is -2.40. The number of rotatable bonds is 15. The summed E-state index contributed by atoms with van der Waals surface area (Å²) in [6.07, 6.45) is 1.31. The van der Waals surface area contributed by atoms with Crippen LogP contribution in [-0.4, -0.2) is 108 Å². The Morgan fingerprint density at radius 2 is 1.09 bits per heavy atom. The molecule has 70 heavy (non-hydrogen) atoms. The molecule has 17 nitrogen and oxygen atoms in total. The van der Waals surface area contributed by atoms with Gasteiger partial charge in [0.1, 0.15) is 0 Å². The number of nitrogens with one attached hydrogen (secondary N) is 1. The lowest BCUT2D eigenvalue weighted by Crippen LogP contribution is -2.49. The smallest absolute Gasteiger partial charge is 0.314 e. The average Bonchev–Trinajstić information content (AvgIpc) is 4.09. The zero-order valence-electron chi connectivity index (χ0n) is 38.6. The van der Waals surface area contributed by atoms with Gasteiger partial charge in [-0.25, -0.2) is 16.8 Å². The Labute approximate surface area is 403 Å². The molecule has 7 heterocycles. The number of aromatic nitrogens is 6. The van der Waals surface area contributed by atoms with Gasteiger partial charge >= 0.3 is 12.9 Å². The van der Waals surface area contributed by atoms with E-state index in [4.69, 9.17) is 13.6 Å².